The minimum absolute atomic E-state index is 0.138. The van der Waals surface area contributed by atoms with Gasteiger partial charge in [-0.2, -0.15) is 12.6 Å². The third kappa shape index (κ3) is 2.61. The van der Waals surface area contributed by atoms with Crippen LogP contribution in [0.3, 0.4) is 0 Å². The normalized spacial score (nSPS) is 10.6. The smallest absolute Gasteiger partial charge is 0.138 e. The van der Waals surface area contributed by atoms with Crippen LogP contribution in [0.2, 0.25) is 0 Å². The average molecular weight is 252 g/mol. The number of halogens is 2. The van der Waals surface area contributed by atoms with Gasteiger partial charge in [0, 0.05) is 11.3 Å². The second kappa shape index (κ2) is 4.79. The fourth-order valence-electron chi connectivity index (χ4n) is 1.53. The van der Waals surface area contributed by atoms with Gasteiger partial charge in [-0.15, -0.1) is 0 Å². The van der Waals surface area contributed by atoms with Crippen LogP contribution in [0.4, 0.5) is 8.78 Å². The molecule has 2 rings (SSSR count). The van der Waals surface area contributed by atoms with E-state index in [-0.39, 0.29) is 5.56 Å². The highest BCUT2D eigenvalue weighted by Crippen LogP contribution is 2.22. The fourth-order valence-corrected chi connectivity index (χ4v) is 1.67. The molecule has 0 amide bonds. The SMILES string of the molecule is Cc1cc(-c2cc(F)ccc2F)nc(CS)n1. The summed E-state index contributed by atoms with van der Waals surface area (Å²) < 4.78 is 26.7. The topological polar surface area (TPSA) is 25.8 Å². The van der Waals surface area contributed by atoms with Crippen molar-refractivity contribution < 1.29 is 8.78 Å². The molecule has 0 aliphatic heterocycles. The Labute approximate surface area is 103 Å². The van der Waals surface area contributed by atoms with Gasteiger partial charge in [0.05, 0.1) is 11.4 Å². The minimum atomic E-state index is -0.505. The van der Waals surface area contributed by atoms with Gasteiger partial charge in [-0.1, -0.05) is 0 Å². The molecule has 1 aromatic carbocycles. The lowest BCUT2D eigenvalue weighted by molar-refractivity contribution is 0.602. The van der Waals surface area contributed by atoms with Gasteiger partial charge < -0.3 is 0 Å². The minimum Gasteiger partial charge on any atom is -0.237 e. The molecule has 0 radical (unpaired) electrons. The zero-order valence-corrected chi connectivity index (χ0v) is 10.0. The summed E-state index contributed by atoms with van der Waals surface area (Å²) in [6.07, 6.45) is 0. The van der Waals surface area contributed by atoms with Crippen molar-refractivity contribution in [1.29, 1.82) is 0 Å². The molecule has 2 aromatic rings. The highest BCUT2D eigenvalue weighted by atomic mass is 32.1. The van der Waals surface area contributed by atoms with Crippen molar-refractivity contribution in [3.05, 3.63) is 47.4 Å². The van der Waals surface area contributed by atoms with E-state index in [9.17, 15) is 8.78 Å². The standard InChI is InChI=1S/C12H10F2N2S/c1-7-4-11(16-12(6-17)15-7)9-5-8(13)2-3-10(9)14/h2-5,17H,6H2,1H3. The number of hydrogen-bond donors (Lipinski definition) is 1. The Morgan fingerprint density at radius 3 is 2.65 bits per heavy atom. The molecule has 0 bridgehead atoms. The van der Waals surface area contributed by atoms with E-state index in [2.05, 4.69) is 22.6 Å². The summed E-state index contributed by atoms with van der Waals surface area (Å²) in [5.41, 5.74) is 1.21. The van der Waals surface area contributed by atoms with E-state index in [1.807, 2.05) is 0 Å². The van der Waals surface area contributed by atoms with Crippen LogP contribution in [0.1, 0.15) is 11.5 Å². The Morgan fingerprint density at radius 1 is 1.18 bits per heavy atom. The molecule has 2 nitrogen and oxygen atoms in total. The lowest BCUT2D eigenvalue weighted by atomic mass is 10.1. The third-order valence-corrected chi connectivity index (χ3v) is 2.53. The first-order chi connectivity index (χ1) is 8.10. The Kier molecular flexibility index (Phi) is 3.38. The van der Waals surface area contributed by atoms with Crippen molar-refractivity contribution in [2.24, 2.45) is 0 Å². The summed E-state index contributed by atoms with van der Waals surface area (Å²) in [5.74, 6) is -0.155. The van der Waals surface area contributed by atoms with Gasteiger partial charge in [0.15, 0.2) is 0 Å². The highest BCUT2D eigenvalue weighted by molar-refractivity contribution is 7.79. The van der Waals surface area contributed by atoms with Crippen molar-refractivity contribution in [2.75, 3.05) is 0 Å². The Bertz CT molecular complexity index is 558. The predicted molar refractivity (Wildman–Crippen MR) is 64.8 cm³/mol. The summed E-state index contributed by atoms with van der Waals surface area (Å²) in [7, 11) is 0. The second-order valence-corrected chi connectivity index (χ2v) is 3.91. The molecular formula is C12H10F2N2S. The maximum Gasteiger partial charge on any atom is 0.138 e. The number of rotatable bonds is 2. The van der Waals surface area contributed by atoms with Gasteiger partial charge in [0.25, 0.3) is 0 Å². The molecule has 0 fully saturated rings. The molecule has 0 unspecified atom stereocenters. The van der Waals surface area contributed by atoms with Crippen molar-refractivity contribution in [2.45, 2.75) is 12.7 Å². The lowest BCUT2D eigenvalue weighted by Crippen LogP contribution is -1.98. The van der Waals surface area contributed by atoms with Gasteiger partial charge in [-0.25, -0.2) is 18.7 Å². The van der Waals surface area contributed by atoms with Gasteiger partial charge in [0.1, 0.15) is 17.5 Å². The molecule has 0 saturated heterocycles. The van der Waals surface area contributed by atoms with E-state index in [0.717, 1.165) is 18.2 Å². The quantitative estimate of drug-likeness (QED) is 0.831. The van der Waals surface area contributed by atoms with Crippen LogP contribution in [-0.4, -0.2) is 9.97 Å². The summed E-state index contributed by atoms with van der Waals surface area (Å²) in [6, 6.07) is 4.90. The van der Waals surface area contributed by atoms with E-state index in [0.29, 0.717) is 23.0 Å². The fraction of sp³-hybridized carbons (Fsp3) is 0.167. The van der Waals surface area contributed by atoms with Crippen LogP contribution < -0.4 is 0 Å². The molecule has 0 atom stereocenters. The van der Waals surface area contributed by atoms with E-state index >= 15 is 0 Å². The zero-order valence-electron chi connectivity index (χ0n) is 9.11. The summed E-state index contributed by atoms with van der Waals surface area (Å²) in [4.78, 5) is 8.26. The van der Waals surface area contributed by atoms with Crippen molar-refractivity contribution in [1.82, 2.24) is 9.97 Å². The molecule has 17 heavy (non-hydrogen) atoms. The number of benzene rings is 1. The van der Waals surface area contributed by atoms with E-state index in [4.69, 9.17) is 0 Å². The number of nitrogens with zero attached hydrogens (tertiary/aromatic N) is 2. The van der Waals surface area contributed by atoms with Crippen LogP contribution >= 0.6 is 12.6 Å². The van der Waals surface area contributed by atoms with Gasteiger partial charge >= 0.3 is 0 Å². The first-order valence-electron chi connectivity index (χ1n) is 5.01. The Hall–Kier alpha value is -1.49. The molecule has 0 spiro atoms. The molecule has 0 aliphatic rings. The van der Waals surface area contributed by atoms with Crippen LogP contribution in [0.5, 0.6) is 0 Å². The first kappa shape index (κ1) is 12.0. The number of hydrogen-bond acceptors (Lipinski definition) is 3. The maximum absolute atomic E-state index is 13.6. The molecule has 1 aromatic heterocycles. The Balaban J connectivity index is 2.59. The third-order valence-electron chi connectivity index (χ3n) is 2.25. The van der Waals surface area contributed by atoms with Crippen molar-refractivity contribution in [3.63, 3.8) is 0 Å². The molecule has 0 N–H and O–H groups in total. The number of aromatic nitrogens is 2. The van der Waals surface area contributed by atoms with Crippen LogP contribution in [-0.2, 0) is 5.75 Å². The van der Waals surface area contributed by atoms with Gasteiger partial charge in [-0.05, 0) is 31.2 Å². The summed E-state index contributed by atoms with van der Waals surface area (Å²) in [6.45, 7) is 1.77. The average Bonchev–Trinajstić information content (AvgIpc) is 2.31. The van der Waals surface area contributed by atoms with E-state index in [1.165, 1.54) is 0 Å². The Morgan fingerprint density at radius 2 is 1.94 bits per heavy atom. The van der Waals surface area contributed by atoms with Crippen molar-refractivity contribution in [3.8, 4) is 11.3 Å². The molecule has 88 valence electrons. The second-order valence-electron chi connectivity index (χ2n) is 3.59. The van der Waals surface area contributed by atoms with E-state index in [1.54, 1.807) is 13.0 Å². The molecule has 0 saturated carbocycles. The lowest BCUT2D eigenvalue weighted by Gasteiger charge is -2.06. The van der Waals surface area contributed by atoms with Crippen LogP contribution in [0, 0.1) is 18.6 Å². The van der Waals surface area contributed by atoms with Gasteiger partial charge in [-0.3, -0.25) is 0 Å². The molecular weight excluding hydrogens is 242 g/mol. The van der Waals surface area contributed by atoms with Crippen molar-refractivity contribution >= 4 is 12.6 Å². The summed E-state index contributed by atoms with van der Waals surface area (Å²) >= 11 is 4.07. The number of thiol groups is 1. The van der Waals surface area contributed by atoms with Gasteiger partial charge in [0.2, 0.25) is 0 Å². The largest absolute Gasteiger partial charge is 0.237 e. The molecule has 1 heterocycles. The number of aryl methyl sites for hydroxylation is 1. The zero-order chi connectivity index (χ0) is 12.4. The predicted octanol–water partition coefficient (Wildman–Crippen LogP) is 3.16. The summed E-state index contributed by atoms with van der Waals surface area (Å²) in [5, 5.41) is 0. The van der Waals surface area contributed by atoms with Crippen LogP contribution in [0.25, 0.3) is 11.3 Å². The maximum atomic E-state index is 13.6. The molecule has 0 aliphatic carbocycles. The molecule has 5 heteroatoms. The van der Waals surface area contributed by atoms with E-state index < -0.39 is 11.6 Å². The van der Waals surface area contributed by atoms with Crippen LogP contribution in [0.15, 0.2) is 24.3 Å². The highest BCUT2D eigenvalue weighted by Gasteiger charge is 2.10. The first-order valence-corrected chi connectivity index (χ1v) is 5.64. The monoisotopic (exact) mass is 252 g/mol.